The quantitative estimate of drug-likeness (QED) is 0.532. The number of nitrogens with zero attached hydrogens (tertiary/aromatic N) is 1. The molecule has 0 aliphatic rings. The van der Waals surface area contributed by atoms with Gasteiger partial charge in [-0.3, -0.25) is 9.36 Å². The molecule has 0 aliphatic heterocycles. The number of aromatic nitrogens is 1. The molecule has 0 fully saturated rings. The van der Waals surface area contributed by atoms with Crippen LogP contribution in [0.1, 0.15) is 11.1 Å². The van der Waals surface area contributed by atoms with Gasteiger partial charge in [-0.1, -0.05) is 41.1 Å². The molecule has 4 nitrogen and oxygen atoms in total. The molecule has 0 aliphatic carbocycles. The highest BCUT2D eigenvalue weighted by Crippen LogP contribution is 2.25. The molecule has 0 N–H and O–H groups in total. The third kappa shape index (κ3) is 3.16. The molecule has 1 heterocycles. The molecule has 0 radical (unpaired) electrons. The summed E-state index contributed by atoms with van der Waals surface area (Å²) >= 11 is 7.22. The van der Waals surface area contributed by atoms with E-state index in [0.29, 0.717) is 16.3 Å². The topological polar surface area (TPSA) is 48.3 Å². The van der Waals surface area contributed by atoms with Crippen LogP contribution < -0.4 is 9.61 Å². The van der Waals surface area contributed by atoms with Crippen molar-refractivity contribution < 1.29 is 9.53 Å². The van der Waals surface area contributed by atoms with Crippen molar-refractivity contribution in [3.8, 4) is 5.75 Å². The van der Waals surface area contributed by atoms with Crippen LogP contribution in [0.3, 0.4) is 0 Å². The SMILES string of the molecule is Cc1ccc(C)c(OC(=O)Cn2c(=O)sc3cccc(Cl)c32)c1. The minimum atomic E-state index is -0.500. The molecule has 1 aromatic heterocycles. The number of hydrogen-bond acceptors (Lipinski definition) is 4. The normalized spacial score (nSPS) is 10.9. The summed E-state index contributed by atoms with van der Waals surface area (Å²) in [4.78, 5) is 24.1. The van der Waals surface area contributed by atoms with Gasteiger partial charge in [0.25, 0.3) is 0 Å². The highest BCUT2D eigenvalue weighted by atomic mass is 35.5. The molecule has 2 aromatic carbocycles. The molecule has 0 saturated carbocycles. The minimum Gasteiger partial charge on any atom is -0.425 e. The maximum absolute atomic E-state index is 12.2. The number of halogens is 1. The number of aryl methyl sites for hydroxylation is 2. The summed E-state index contributed by atoms with van der Waals surface area (Å²) in [5.74, 6) is 0.00843. The van der Waals surface area contributed by atoms with Crippen LogP contribution in [0.5, 0.6) is 5.75 Å². The van der Waals surface area contributed by atoms with E-state index in [1.165, 1.54) is 4.57 Å². The molecule has 0 atom stereocenters. The summed E-state index contributed by atoms with van der Waals surface area (Å²) in [6.45, 7) is 3.62. The molecule has 0 spiro atoms. The Hall–Kier alpha value is -2.11. The Morgan fingerprint density at radius 1 is 1.26 bits per heavy atom. The van der Waals surface area contributed by atoms with Crippen LogP contribution in [0.4, 0.5) is 0 Å². The van der Waals surface area contributed by atoms with Crippen molar-refractivity contribution in [2.45, 2.75) is 20.4 Å². The van der Waals surface area contributed by atoms with E-state index in [1.54, 1.807) is 24.3 Å². The fourth-order valence-corrected chi connectivity index (χ4v) is 3.58. The number of esters is 1. The van der Waals surface area contributed by atoms with Crippen molar-refractivity contribution in [1.82, 2.24) is 4.57 Å². The lowest BCUT2D eigenvalue weighted by molar-refractivity contribution is -0.135. The van der Waals surface area contributed by atoms with Crippen LogP contribution in [0.15, 0.2) is 41.2 Å². The van der Waals surface area contributed by atoms with E-state index in [1.807, 2.05) is 26.0 Å². The zero-order valence-corrected chi connectivity index (χ0v) is 14.2. The number of benzene rings is 2. The summed E-state index contributed by atoms with van der Waals surface area (Å²) in [5.41, 5.74) is 2.44. The van der Waals surface area contributed by atoms with Crippen LogP contribution in [0, 0.1) is 13.8 Å². The second-order valence-electron chi connectivity index (χ2n) is 5.28. The van der Waals surface area contributed by atoms with Gasteiger partial charge in [0.05, 0.1) is 15.2 Å². The van der Waals surface area contributed by atoms with Gasteiger partial charge in [0.1, 0.15) is 12.3 Å². The maximum Gasteiger partial charge on any atom is 0.331 e. The Morgan fingerprint density at radius 2 is 2.04 bits per heavy atom. The van der Waals surface area contributed by atoms with Crippen LogP contribution in [0.2, 0.25) is 5.02 Å². The summed E-state index contributed by atoms with van der Waals surface area (Å²) in [6.07, 6.45) is 0. The number of carbonyl (C=O) groups is 1. The van der Waals surface area contributed by atoms with Gasteiger partial charge < -0.3 is 4.74 Å². The number of para-hydroxylation sites is 1. The predicted molar refractivity (Wildman–Crippen MR) is 92.6 cm³/mol. The molecule has 23 heavy (non-hydrogen) atoms. The lowest BCUT2D eigenvalue weighted by Crippen LogP contribution is -2.23. The summed E-state index contributed by atoms with van der Waals surface area (Å²) in [6, 6.07) is 10.9. The first-order chi connectivity index (χ1) is 11.0. The van der Waals surface area contributed by atoms with Gasteiger partial charge in [-0.05, 0) is 43.2 Å². The molecular formula is C17H14ClNO3S. The van der Waals surface area contributed by atoms with Crippen LogP contribution >= 0.6 is 22.9 Å². The molecule has 3 rings (SSSR count). The van der Waals surface area contributed by atoms with Gasteiger partial charge in [-0.2, -0.15) is 0 Å². The highest BCUT2D eigenvalue weighted by molar-refractivity contribution is 7.16. The van der Waals surface area contributed by atoms with Gasteiger partial charge in [0, 0.05) is 0 Å². The molecule has 118 valence electrons. The molecule has 0 unspecified atom stereocenters. The Bertz CT molecular complexity index is 958. The third-order valence-corrected chi connectivity index (χ3v) is 4.74. The molecule has 0 bridgehead atoms. The molecule has 3 aromatic rings. The number of carbonyl (C=O) groups excluding carboxylic acids is 1. The Kier molecular flexibility index (Phi) is 4.24. The van der Waals surface area contributed by atoms with E-state index in [9.17, 15) is 9.59 Å². The second kappa shape index (κ2) is 6.18. The number of rotatable bonds is 3. The standard InChI is InChI=1S/C17H14ClNO3S/c1-10-6-7-11(2)13(8-10)22-15(20)9-19-16-12(18)4-3-5-14(16)23-17(19)21/h3-8H,9H2,1-2H3. The van der Waals surface area contributed by atoms with Gasteiger partial charge in [-0.15, -0.1) is 0 Å². The minimum absolute atomic E-state index is 0.171. The van der Waals surface area contributed by atoms with E-state index in [4.69, 9.17) is 16.3 Å². The smallest absolute Gasteiger partial charge is 0.331 e. The Labute approximate surface area is 141 Å². The van der Waals surface area contributed by atoms with Crippen LogP contribution in [-0.2, 0) is 11.3 Å². The van der Waals surface area contributed by atoms with E-state index in [2.05, 4.69) is 0 Å². The zero-order valence-electron chi connectivity index (χ0n) is 12.6. The van der Waals surface area contributed by atoms with Gasteiger partial charge >= 0.3 is 10.8 Å². The number of hydrogen-bond donors (Lipinski definition) is 0. The third-order valence-electron chi connectivity index (χ3n) is 3.49. The van der Waals surface area contributed by atoms with Crippen molar-refractivity contribution in [1.29, 1.82) is 0 Å². The highest BCUT2D eigenvalue weighted by Gasteiger charge is 2.15. The predicted octanol–water partition coefficient (Wildman–Crippen LogP) is 3.94. The molecule has 0 amide bonds. The van der Waals surface area contributed by atoms with E-state index < -0.39 is 5.97 Å². The average molecular weight is 348 g/mol. The first-order valence-corrected chi connectivity index (χ1v) is 8.21. The summed E-state index contributed by atoms with van der Waals surface area (Å²) in [5, 5.41) is 0.445. The first-order valence-electron chi connectivity index (χ1n) is 7.01. The zero-order chi connectivity index (χ0) is 16.6. The number of fused-ring (bicyclic) bond motifs is 1. The van der Waals surface area contributed by atoms with E-state index in [0.717, 1.165) is 27.2 Å². The van der Waals surface area contributed by atoms with Gasteiger partial charge in [0.15, 0.2) is 0 Å². The number of thiazole rings is 1. The molecular weight excluding hydrogens is 334 g/mol. The van der Waals surface area contributed by atoms with Gasteiger partial charge in [-0.25, -0.2) is 4.79 Å². The fraction of sp³-hybridized carbons (Fsp3) is 0.176. The second-order valence-corrected chi connectivity index (χ2v) is 6.68. The van der Waals surface area contributed by atoms with Crippen molar-refractivity contribution >= 4 is 39.1 Å². The van der Waals surface area contributed by atoms with E-state index >= 15 is 0 Å². The average Bonchev–Trinajstić information content (AvgIpc) is 2.80. The van der Waals surface area contributed by atoms with Gasteiger partial charge in [0.2, 0.25) is 0 Å². The fourth-order valence-electron chi connectivity index (χ4n) is 2.33. The van der Waals surface area contributed by atoms with Crippen molar-refractivity contribution in [2.24, 2.45) is 0 Å². The van der Waals surface area contributed by atoms with Crippen LogP contribution in [-0.4, -0.2) is 10.5 Å². The lowest BCUT2D eigenvalue weighted by Gasteiger charge is -2.09. The molecule has 6 heteroatoms. The van der Waals surface area contributed by atoms with E-state index in [-0.39, 0.29) is 11.4 Å². The van der Waals surface area contributed by atoms with Crippen molar-refractivity contribution in [3.63, 3.8) is 0 Å². The number of ether oxygens (including phenoxy) is 1. The Morgan fingerprint density at radius 3 is 2.83 bits per heavy atom. The summed E-state index contributed by atoms with van der Waals surface area (Å²) < 4.78 is 7.51. The first kappa shape index (κ1) is 15.8. The largest absolute Gasteiger partial charge is 0.425 e. The lowest BCUT2D eigenvalue weighted by atomic mass is 10.1. The summed E-state index contributed by atoms with van der Waals surface area (Å²) in [7, 11) is 0. The van der Waals surface area contributed by atoms with Crippen LogP contribution in [0.25, 0.3) is 10.2 Å². The van der Waals surface area contributed by atoms with Crippen molar-refractivity contribution in [2.75, 3.05) is 0 Å². The monoisotopic (exact) mass is 347 g/mol. The van der Waals surface area contributed by atoms with Crippen molar-refractivity contribution in [3.05, 3.63) is 62.2 Å². The molecule has 0 saturated heterocycles. The Balaban J connectivity index is 1.90. The maximum atomic E-state index is 12.2.